The smallest absolute Gasteiger partial charge is 0.173 e. The van der Waals surface area contributed by atoms with Crippen LogP contribution in [-0.2, 0) is 6.54 Å². The van der Waals surface area contributed by atoms with Crippen LogP contribution in [0.1, 0.15) is 34.3 Å². The molecule has 0 unspecified atom stereocenters. The third-order valence-electron chi connectivity index (χ3n) is 6.49. The first-order valence-corrected chi connectivity index (χ1v) is 11.2. The molecule has 1 saturated heterocycles. The summed E-state index contributed by atoms with van der Waals surface area (Å²) in [7, 11) is 0. The van der Waals surface area contributed by atoms with E-state index in [1.54, 1.807) is 17.0 Å². The zero-order valence-corrected chi connectivity index (χ0v) is 18.9. The summed E-state index contributed by atoms with van der Waals surface area (Å²) in [6.45, 7) is 7.91. The van der Waals surface area contributed by atoms with Crippen molar-refractivity contribution < 1.29 is 8.81 Å². The molecule has 1 fully saturated rings. The third kappa shape index (κ3) is 4.26. The molecule has 1 atom stereocenters. The molecule has 4 aromatic rings. The Hall–Kier alpha value is -3.52. The summed E-state index contributed by atoms with van der Waals surface area (Å²) < 4.78 is 22.2. The fourth-order valence-electron chi connectivity index (χ4n) is 4.57. The van der Waals surface area contributed by atoms with Gasteiger partial charge in [-0.2, -0.15) is 0 Å². The normalized spacial score (nSPS) is 15.7. The van der Waals surface area contributed by atoms with Gasteiger partial charge in [0.2, 0.25) is 0 Å². The molecule has 170 valence electrons. The molecule has 0 radical (unpaired) electrons. The van der Waals surface area contributed by atoms with E-state index in [0.717, 1.165) is 31.9 Å². The Kier molecular flexibility index (Phi) is 5.92. The van der Waals surface area contributed by atoms with Crippen LogP contribution in [-0.4, -0.2) is 51.3 Å². The number of furan rings is 1. The number of aromatic nitrogens is 4. The van der Waals surface area contributed by atoms with E-state index in [4.69, 9.17) is 4.42 Å². The van der Waals surface area contributed by atoms with E-state index in [2.05, 4.69) is 57.4 Å². The Bertz CT molecular complexity index is 1210. The molecule has 33 heavy (non-hydrogen) atoms. The van der Waals surface area contributed by atoms with Crippen molar-refractivity contribution in [3.8, 4) is 0 Å². The van der Waals surface area contributed by atoms with Gasteiger partial charge >= 0.3 is 0 Å². The third-order valence-corrected chi connectivity index (χ3v) is 6.49. The van der Waals surface area contributed by atoms with Crippen molar-refractivity contribution in [2.75, 3.05) is 31.1 Å². The molecule has 0 aliphatic carbocycles. The van der Waals surface area contributed by atoms with Gasteiger partial charge in [0.15, 0.2) is 5.82 Å². The lowest BCUT2D eigenvalue weighted by Gasteiger charge is -2.40. The van der Waals surface area contributed by atoms with Gasteiger partial charge < -0.3 is 9.32 Å². The van der Waals surface area contributed by atoms with Gasteiger partial charge in [-0.25, -0.2) is 9.07 Å². The predicted molar refractivity (Wildman–Crippen MR) is 124 cm³/mol. The van der Waals surface area contributed by atoms with Crippen molar-refractivity contribution in [3.05, 3.63) is 95.0 Å². The summed E-state index contributed by atoms with van der Waals surface area (Å²) in [6.07, 6.45) is 1.63. The summed E-state index contributed by atoms with van der Waals surface area (Å²) in [5.41, 5.74) is 4.43. The maximum atomic E-state index is 15.0. The summed E-state index contributed by atoms with van der Waals surface area (Å²) in [5, 5.41) is 12.4. The van der Waals surface area contributed by atoms with Gasteiger partial charge in [-0.15, -0.1) is 5.10 Å². The number of rotatable bonds is 6. The Balaban J connectivity index is 1.44. The molecule has 2 aromatic carbocycles. The number of nitrogens with zero attached hydrogens (tertiary/aromatic N) is 6. The number of hydrogen-bond donors (Lipinski definition) is 0. The lowest BCUT2D eigenvalue weighted by Crippen LogP contribution is -2.48. The second kappa shape index (κ2) is 9.15. The second-order valence-corrected chi connectivity index (χ2v) is 8.44. The van der Waals surface area contributed by atoms with Gasteiger partial charge in [-0.05, 0) is 59.7 Å². The highest BCUT2D eigenvalue weighted by Gasteiger charge is 2.32. The van der Waals surface area contributed by atoms with Crippen molar-refractivity contribution in [3.63, 3.8) is 0 Å². The Morgan fingerprint density at radius 3 is 2.55 bits per heavy atom. The molecule has 7 nitrogen and oxygen atoms in total. The van der Waals surface area contributed by atoms with Gasteiger partial charge in [-0.1, -0.05) is 30.3 Å². The number of tetrazole rings is 1. The molecule has 5 rings (SSSR count). The lowest BCUT2D eigenvalue weighted by molar-refractivity contribution is 0.197. The molecule has 1 aliphatic heterocycles. The standard InChI is InChI=1S/C25H27FN6O/c1-18-7-5-11-23(19(18)2)30-12-14-31(15-13-30)24(21-9-3-4-10-22(21)26)25-27-28-29-32(25)17-20-8-6-16-33-20/h3-11,16,24H,12-15,17H2,1-2H3/t24-/m1/s1. The minimum absolute atomic E-state index is 0.257. The Morgan fingerprint density at radius 1 is 0.970 bits per heavy atom. The predicted octanol–water partition coefficient (Wildman–Crippen LogP) is 3.98. The summed E-state index contributed by atoms with van der Waals surface area (Å²) in [5.74, 6) is 1.10. The average Bonchev–Trinajstić information content (AvgIpc) is 3.51. The van der Waals surface area contributed by atoms with Crippen LogP contribution in [0.3, 0.4) is 0 Å². The zero-order chi connectivity index (χ0) is 22.8. The zero-order valence-electron chi connectivity index (χ0n) is 18.9. The second-order valence-electron chi connectivity index (χ2n) is 8.44. The molecular weight excluding hydrogens is 419 g/mol. The topological polar surface area (TPSA) is 63.2 Å². The average molecular weight is 447 g/mol. The summed E-state index contributed by atoms with van der Waals surface area (Å²) in [6, 6.07) is 16.6. The lowest BCUT2D eigenvalue weighted by atomic mass is 10.0. The summed E-state index contributed by atoms with van der Waals surface area (Å²) in [4.78, 5) is 4.67. The van der Waals surface area contributed by atoms with E-state index in [1.165, 1.54) is 22.9 Å². The highest BCUT2D eigenvalue weighted by Crippen LogP contribution is 2.32. The van der Waals surface area contributed by atoms with Crippen LogP contribution >= 0.6 is 0 Å². The Morgan fingerprint density at radius 2 is 1.79 bits per heavy atom. The summed E-state index contributed by atoms with van der Waals surface area (Å²) >= 11 is 0. The SMILES string of the molecule is Cc1cccc(N2CCN([C@H](c3ccccc3F)c3nnnn3Cc3ccco3)CC2)c1C. The molecule has 3 heterocycles. The van der Waals surface area contributed by atoms with E-state index in [-0.39, 0.29) is 5.82 Å². The van der Waals surface area contributed by atoms with Gasteiger partial charge in [0.05, 0.1) is 6.26 Å². The van der Waals surface area contributed by atoms with E-state index in [1.807, 2.05) is 24.3 Å². The first-order valence-electron chi connectivity index (χ1n) is 11.2. The van der Waals surface area contributed by atoms with Gasteiger partial charge in [0.25, 0.3) is 0 Å². The van der Waals surface area contributed by atoms with Crippen LogP contribution in [0.15, 0.2) is 65.3 Å². The highest BCUT2D eigenvalue weighted by atomic mass is 19.1. The molecule has 0 bridgehead atoms. The first-order chi connectivity index (χ1) is 16.1. The van der Waals surface area contributed by atoms with Crippen LogP contribution in [0.25, 0.3) is 0 Å². The van der Waals surface area contributed by atoms with Crippen molar-refractivity contribution in [2.24, 2.45) is 0 Å². The monoisotopic (exact) mass is 446 g/mol. The highest BCUT2D eigenvalue weighted by molar-refractivity contribution is 5.56. The van der Waals surface area contributed by atoms with E-state index >= 15 is 4.39 Å². The first kappa shape index (κ1) is 21.3. The maximum Gasteiger partial charge on any atom is 0.173 e. The molecule has 1 aliphatic rings. The minimum atomic E-state index is -0.392. The van der Waals surface area contributed by atoms with Gasteiger partial charge in [-0.3, -0.25) is 4.90 Å². The quantitative estimate of drug-likeness (QED) is 0.446. The van der Waals surface area contributed by atoms with Crippen molar-refractivity contribution in [1.82, 2.24) is 25.1 Å². The number of hydrogen-bond acceptors (Lipinski definition) is 6. The fraction of sp³-hybridized carbons (Fsp3) is 0.320. The molecule has 2 aromatic heterocycles. The number of anilines is 1. The van der Waals surface area contributed by atoms with E-state index < -0.39 is 6.04 Å². The van der Waals surface area contributed by atoms with Crippen molar-refractivity contribution in [1.29, 1.82) is 0 Å². The van der Waals surface area contributed by atoms with Crippen molar-refractivity contribution >= 4 is 5.69 Å². The molecule has 0 spiro atoms. The van der Waals surface area contributed by atoms with Crippen LogP contribution in [0.5, 0.6) is 0 Å². The van der Waals surface area contributed by atoms with Gasteiger partial charge in [0, 0.05) is 37.4 Å². The number of piperazine rings is 1. The Labute approximate surface area is 192 Å². The molecule has 0 amide bonds. The minimum Gasteiger partial charge on any atom is -0.467 e. The van der Waals surface area contributed by atoms with E-state index in [0.29, 0.717) is 17.9 Å². The largest absolute Gasteiger partial charge is 0.467 e. The number of halogens is 1. The number of benzene rings is 2. The molecular formula is C25H27FN6O. The maximum absolute atomic E-state index is 15.0. The van der Waals surface area contributed by atoms with Crippen LogP contribution in [0.2, 0.25) is 0 Å². The fourth-order valence-corrected chi connectivity index (χ4v) is 4.57. The van der Waals surface area contributed by atoms with Crippen molar-refractivity contribution in [2.45, 2.75) is 26.4 Å². The van der Waals surface area contributed by atoms with Crippen LogP contribution in [0, 0.1) is 19.7 Å². The van der Waals surface area contributed by atoms with Crippen LogP contribution in [0.4, 0.5) is 10.1 Å². The molecule has 8 heteroatoms. The molecule has 0 saturated carbocycles. The van der Waals surface area contributed by atoms with Crippen LogP contribution < -0.4 is 4.90 Å². The van der Waals surface area contributed by atoms with E-state index in [9.17, 15) is 0 Å². The molecule has 0 N–H and O–H groups in total. The number of aryl methyl sites for hydroxylation is 1. The van der Waals surface area contributed by atoms with Gasteiger partial charge in [0.1, 0.15) is 24.2 Å².